The summed E-state index contributed by atoms with van der Waals surface area (Å²) in [5.74, 6) is -0.226. The van der Waals surface area contributed by atoms with E-state index in [0.717, 1.165) is 45.4 Å². The van der Waals surface area contributed by atoms with Gasteiger partial charge in [-0.2, -0.15) is 0 Å². The number of unbranched alkanes of at least 4 members (excludes halogenated alkanes) is 1. The molecule has 0 aliphatic rings. The Hall–Kier alpha value is -0.680. The number of rotatable bonds is 12. The average molecular weight is 424 g/mol. The molecule has 25 heavy (non-hydrogen) atoms. The Labute approximate surface area is 166 Å². The second-order valence-corrected chi connectivity index (χ2v) is 5.51. The van der Waals surface area contributed by atoms with E-state index in [4.69, 9.17) is 0 Å². The van der Waals surface area contributed by atoms with Gasteiger partial charge in [-0.15, -0.1) is 0 Å². The maximum Gasteiger partial charge on any atom is 0.434 e. The van der Waals surface area contributed by atoms with Gasteiger partial charge in [0.2, 0.25) is 0 Å². The Morgan fingerprint density at radius 1 is 1.20 bits per heavy atom. The van der Waals surface area contributed by atoms with Crippen LogP contribution in [-0.2, 0) is 6.54 Å². The number of aromatic nitrogens is 2. The summed E-state index contributed by atoms with van der Waals surface area (Å²) in [6.07, 6.45) is 5.45. The number of hydrogen-bond acceptors (Lipinski definition) is 4. The third kappa shape index (κ3) is 11.5. The third-order valence-electron chi connectivity index (χ3n) is 3.60. The molecule has 2 unspecified atom stereocenters. The lowest BCUT2D eigenvalue weighted by Gasteiger charge is -2.21. The zero-order chi connectivity index (χ0) is 16.4. The van der Waals surface area contributed by atoms with Crippen LogP contribution in [-0.4, -0.2) is 58.4 Å². The highest BCUT2D eigenvalue weighted by Crippen LogP contribution is 2.07. The minimum absolute atomic E-state index is 0. The summed E-state index contributed by atoms with van der Waals surface area (Å²) < 4.78 is 1.39. The van der Waals surface area contributed by atoms with Gasteiger partial charge >= 0.3 is 5.95 Å². The maximum absolute atomic E-state index is 10.8. The number of nitrogens with one attached hydrogen (secondary N) is 1. The molecule has 9 nitrogen and oxygen atoms in total. The number of quaternary nitrogens is 3. The van der Waals surface area contributed by atoms with Crippen molar-refractivity contribution in [1.82, 2.24) is 9.55 Å². The molecule has 1 aromatic rings. The largest absolute Gasteiger partial charge is 1.00 e. The fourth-order valence-corrected chi connectivity index (χ4v) is 2.50. The number of aliphatic hydroxyl groups is 1. The van der Waals surface area contributed by atoms with E-state index in [1.54, 1.807) is 0 Å². The molecule has 0 amide bonds. The van der Waals surface area contributed by atoms with Crippen LogP contribution in [0, 0.1) is 10.1 Å². The molecule has 0 saturated heterocycles. The van der Waals surface area contributed by atoms with Crippen molar-refractivity contribution >= 4 is 5.95 Å². The first-order chi connectivity index (χ1) is 10.6. The van der Waals surface area contributed by atoms with Gasteiger partial charge in [-0.3, -0.25) is 0 Å². The highest BCUT2D eigenvalue weighted by molar-refractivity contribution is 5.06. The van der Waals surface area contributed by atoms with Crippen molar-refractivity contribution in [3.8, 4) is 0 Å². The third-order valence-corrected chi connectivity index (χ3v) is 3.60. The number of halogens is 3. The first-order valence-electron chi connectivity index (χ1n) is 7.84. The Balaban J connectivity index is -0.00000161. The van der Waals surface area contributed by atoms with Crippen LogP contribution < -0.4 is 53.6 Å². The molecule has 8 N–H and O–H groups in total. The second kappa shape index (κ2) is 16.8. The van der Waals surface area contributed by atoms with Gasteiger partial charge in [0.05, 0.1) is 26.2 Å². The van der Waals surface area contributed by atoms with E-state index in [1.807, 2.05) is 0 Å². The van der Waals surface area contributed by atoms with Crippen LogP contribution in [0.2, 0.25) is 0 Å². The van der Waals surface area contributed by atoms with Crippen molar-refractivity contribution in [1.29, 1.82) is 0 Å². The quantitative estimate of drug-likeness (QED) is 0.150. The van der Waals surface area contributed by atoms with Crippen molar-refractivity contribution in [2.24, 2.45) is 0 Å². The zero-order valence-electron chi connectivity index (χ0n) is 14.2. The molecule has 0 aromatic carbocycles. The molecule has 0 fully saturated rings. The lowest BCUT2D eigenvalue weighted by Crippen LogP contribution is -3.13. The molecule has 0 spiro atoms. The second-order valence-electron chi connectivity index (χ2n) is 5.51. The van der Waals surface area contributed by atoms with Crippen molar-refractivity contribution in [2.45, 2.75) is 31.9 Å². The monoisotopic (exact) mass is 422 g/mol. The van der Waals surface area contributed by atoms with Crippen LogP contribution in [0.25, 0.3) is 0 Å². The lowest BCUT2D eigenvalue weighted by atomic mass is 10.2. The van der Waals surface area contributed by atoms with Gasteiger partial charge in [-0.05, 0) is 4.92 Å². The molecule has 12 heteroatoms. The topological polar surface area (TPSA) is 141 Å². The maximum atomic E-state index is 10.8. The van der Waals surface area contributed by atoms with E-state index in [2.05, 4.69) is 16.5 Å². The van der Waals surface area contributed by atoms with Crippen LogP contribution in [0.15, 0.2) is 12.4 Å². The number of nitrogens with zero attached hydrogens (tertiary/aromatic N) is 3. The molecule has 1 heterocycles. The Kier molecular flexibility index (Phi) is 19.5. The molecule has 0 aliphatic heterocycles. The van der Waals surface area contributed by atoms with Gasteiger partial charge in [0, 0.05) is 19.3 Å². The standard InChI is InChI=1S/C13H26N6O3.3ClH/c14-4-1-2-7-17(8-3-5-15)10-12(20)11-18-9-6-16-13(18)19(21)22;;;/h6,9,12,20H,1-5,7-8,10-11,14-15H2;3*1H. The van der Waals surface area contributed by atoms with Crippen LogP contribution in [0.1, 0.15) is 19.3 Å². The summed E-state index contributed by atoms with van der Waals surface area (Å²) in [6.45, 7) is 4.52. The molecule has 0 bridgehead atoms. The Bertz CT molecular complexity index is 452. The van der Waals surface area contributed by atoms with Gasteiger partial charge in [0.15, 0.2) is 0 Å². The predicted molar refractivity (Wildman–Crippen MR) is 79.8 cm³/mol. The molecular weight excluding hydrogens is 395 g/mol. The summed E-state index contributed by atoms with van der Waals surface area (Å²) in [5.41, 5.74) is 7.69. The summed E-state index contributed by atoms with van der Waals surface area (Å²) in [4.78, 5) is 15.3. The minimum atomic E-state index is -0.632. The van der Waals surface area contributed by atoms with Crippen molar-refractivity contribution in [3.63, 3.8) is 0 Å². The highest BCUT2D eigenvalue weighted by Gasteiger charge is 2.21. The molecule has 2 atom stereocenters. The fourth-order valence-electron chi connectivity index (χ4n) is 2.50. The average Bonchev–Trinajstić information content (AvgIpc) is 2.93. The summed E-state index contributed by atoms with van der Waals surface area (Å²) in [6, 6.07) is 0. The van der Waals surface area contributed by atoms with E-state index in [1.165, 1.54) is 21.9 Å². The van der Waals surface area contributed by atoms with E-state index in [9.17, 15) is 15.2 Å². The highest BCUT2D eigenvalue weighted by atomic mass is 35.5. The van der Waals surface area contributed by atoms with Crippen molar-refractivity contribution in [3.05, 3.63) is 22.5 Å². The molecule has 0 aliphatic carbocycles. The van der Waals surface area contributed by atoms with Crippen LogP contribution >= 0.6 is 0 Å². The summed E-state index contributed by atoms with van der Waals surface area (Å²) >= 11 is 0. The molecule has 0 saturated carbocycles. The smallest absolute Gasteiger partial charge is 0.434 e. The normalized spacial score (nSPS) is 12.3. The first-order valence-corrected chi connectivity index (χ1v) is 7.84. The molecule has 150 valence electrons. The number of aliphatic hydroxyl groups excluding tert-OH is 1. The predicted octanol–water partition coefficient (Wildman–Crippen LogP) is -12.3. The number of nitro groups is 1. The van der Waals surface area contributed by atoms with Gasteiger partial charge < -0.3 is 68.8 Å². The molecule has 0 radical (unpaired) electrons. The molecule has 1 aromatic heterocycles. The van der Waals surface area contributed by atoms with E-state index >= 15 is 0 Å². The Morgan fingerprint density at radius 3 is 2.36 bits per heavy atom. The summed E-state index contributed by atoms with van der Waals surface area (Å²) in [7, 11) is 0. The van der Waals surface area contributed by atoms with Crippen LogP contribution in [0.5, 0.6) is 0 Å². The van der Waals surface area contributed by atoms with Crippen LogP contribution in [0.3, 0.4) is 0 Å². The first kappa shape index (κ1) is 29.1. The summed E-state index contributed by atoms with van der Waals surface area (Å²) in [5, 5.41) is 21.1. The van der Waals surface area contributed by atoms with Gasteiger partial charge in [-0.1, -0.05) is 4.98 Å². The lowest BCUT2D eigenvalue weighted by molar-refractivity contribution is -0.904. The van der Waals surface area contributed by atoms with E-state index in [0.29, 0.717) is 6.54 Å². The van der Waals surface area contributed by atoms with E-state index < -0.39 is 11.0 Å². The van der Waals surface area contributed by atoms with Gasteiger partial charge in [0.1, 0.15) is 31.6 Å². The number of imidazole rings is 1. The minimum Gasteiger partial charge on any atom is -1.00 e. The number of hydrogen-bond donors (Lipinski definition) is 4. The molecular formula is C13H29Cl3N6O3. The Morgan fingerprint density at radius 2 is 1.80 bits per heavy atom. The fraction of sp³-hybridized carbons (Fsp3) is 0.769. The van der Waals surface area contributed by atoms with Crippen molar-refractivity contribution in [2.75, 3.05) is 32.7 Å². The SMILES string of the molecule is [Cl-].[Cl-].[Cl-].[NH3+]CCCC[NH+](CCC[NH3+])CC(O)Cn1ccnc1[N+](=O)[O-]. The van der Waals surface area contributed by atoms with E-state index in [-0.39, 0.29) is 49.7 Å². The molecule has 1 rings (SSSR count). The van der Waals surface area contributed by atoms with Gasteiger partial charge in [0.25, 0.3) is 0 Å². The zero-order valence-corrected chi connectivity index (χ0v) is 16.5. The van der Waals surface area contributed by atoms with Gasteiger partial charge in [-0.25, -0.2) is 4.57 Å². The van der Waals surface area contributed by atoms with Crippen molar-refractivity contribution < 1.29 is 63.6 Å². The van der Waals surface area contributed by atoms with Crippen LogP contribution in [0.4, 0.5) is 5.95 Å².